The number of benzene rings is 1. The second-order valence-corrected chi connectivity index (χ2v) is 3.72. The van der Waals surface area contributed by atoms with E-state index in [1.54, 1.807) is 26.1 Å². The number of carboxylic acids is 1. The van der Waals surface area contributed by atoms with Crippen molar-refractivity contribution in [2.75, 3.05) is 7.05 Å². The Balaban J connectivity index is 2.60. The highest BCUT2D eigenvalue weighted by molar-refractivity contribution is 5.87. The quantitative estimate of drug-likeness (QED) is 0.700. The van der Waals surface area contributed by atoms with Gasteiger partial charge < -0.3 is 15.7 Å². The van der Waals surface area contributed by atoms with Crippen LogP contribution in [-0.4, -0.2) is 30.1 Å². The Kier molecular flexibility index (Phi) is 4.66. The predicted octanol–water partition coefficient (Wildman–Crippen LogP) is 0.609. The maximum absolute atomic E-state index is 11.2. The predicted molar refractivity (Wildman–Crippen MR) is 63.8 cm³/mol. The fraction of sp³-hybridized carbons (Fsp3) is 0.333. The highest BCUT2D eigenvalue weighted by atomic mass is 16.4. The Hall–Kier alpha value is -1.88. The van der Waals surface area contributed by atoms with Crippen LogP contribution in [0, 0.1) is 0 Å². The van der Waals surface area contributed by atoms with Gasteiger partial charge in [0.05, 0.1) is 11.6 Å². The Labute approximate surface area is 99.8 Å². The number of rotatable bonds is 5. The van der Waals surface area contributed by atoms with Gasteiger partial charge in [-0.25, -0.2) is 4.79 Å². The minimum atomic E-state index is -0.953. The van der Waals surface area contributed by atoms with E-state index in [1.165, 1.54) is 6.07 Å². The van der Waals surface area contributed by atoms with E-state index in [1.807, 2.05) is 6.07 Å². The summed E-state index contributed by atoms with van der Waals surface area (Å²) < 4.78 is 0. The van der Waals surface area contributed by atoms with Crippen LogP contribution < -0.4 is 10.6 Å². The lowest BCUT2D eigenvalue weighted by Crippen LogP contribution is -2.40. The third-order valence-corrected chi connectivity index (χ3v) is 2.43. The van der Waals surface area contributed by atoms with Crippen molar-refractivity contribution in [3.8, 4) is 0 Å². The van der Waals surface area contributed by atoms with E-state index in [-0.39, 0.29) is 17.5 Å². The van der Waals surface area contributed by atoms with Gasteiger partial charge in [0.2, 0.25) is 5.91 Å². The van der Waals surface area contributed by atoms with Gasteiger partial charge in [0.15, 0.2) is 0 Å². The van der Waals surface area contributed by atoms with E-state index in [4.69, 9.17) is 5.11 Å². The molecule has 17 heavy (non-hydrogen) atoms. The molecule has 1 atom stereocenters. The first kappa shape index (κ1) is 13.2. The molecule has 1 unspecified atom stereocenters. The van der Waals surface area contributed by atoms with E-state index in [9.17, 15) is 9.59 Å². The van der Waals surface area contributed by atoms with Gasteiger partial charge in [-0.3, -0.25) is 4.79 Å². The monoisotopic (exact) mass is 236 g/mol. The Bertz CT molecular complexity index is 418. The highest BCUT2D eigenvalue weighted by Crippen LogP contribution is 2.05. The summed E-state index contributed by atoms with van der Waals surface area (Å²) in [7, 11) is 1.57. The lowest BCUT2D eigenvalue weighted by atomic mass is 10.1. The number of hydrogen-bond donors (Lipinski definition) is 3. The summed E-state index contributed by atoms with van der Waals surface area (Å²) in [6.45, 7) is 2.20. The van der Waals surface area contributed by atoms with Gasteiger partial charge in [0.25, 0.3) is 0 Å². The summed E-state index contributed by atoms with van der Waals surface area (Å²) in [5.41, 5.74) is 1.08. The molecule has 0 saturated heterocycles. The van der Waals surface area contributed by atoms with E-state index in [2.05, 4.69) is 10.6 Å². The molecule has 1 amide bonds. The van der Waals surface area contributed by atoms with Gasteiger partial charge in [-0.05, 0) is 24.6 Å². The van der Waals surface area contributed by atoms with Gasteiger partial charge >= 0.3 is 5.97 Å². The fourth-order valence-corrected chi connectivity index (χ4v) is 1.39. The lowest BCUT2D eigenvalue weighted by Gasteiger charge is -2.12. The summed E-state index contributed by atoms with van der Waals surface area (Å²) in [6.07, 6.45) is 0. The number of amides is 1. The molecule has 5 nitrogen and oxygen atoms in total. The number of carbonyl (C=O) groups excluding carboxylic acids is 1. The standard InChI is InChI=1S/C12H16N2O3/c1-8(11(15)13-2)14-7-9-4-3-5-10(6-9)12(16)17/h3-6,8,14H,7H2,1-2H3,(H,13,15)(H,16,17). The molecule has 0 aliphatic carbocycles. The zero-order chi connectivity index (χ0) is 12.8. The van der Waals surface area contributed by atoms with Crippen molar-refractivity contribution in [2.24, 2.45) is 0 Å². The SMILES string of the molecule is CNC(=O)C(C)NCc1cccc(C(=O)O)c1. The van der Waals surface area contributed by atoms with Crippen molar-refractivity contribution >= 4 is 11.9 Å². The number of nitrogens with one attached hydrogen (secondary N) is 2. The third kappa shape index (κ3) is 3.88. The third-order valence-electron chi connectivity index (χ3n) is 2.43. The highest BCUT2D eigenvalue weighted by Gasteiger charge is 2.10. The molecular weight excluding hydrogens is 220 g/mol. The molecule has 3 N–H and O–H groups in total. The first-order valence-electron chi connectivity index (χ1n) is 5.32. The molecule has 92 valence electrons. The van der Waals surface area contributed by atoms with Gasteiger partial charge in [0.1, 0.15) is 0 Å². The maximum Gasteiger partial charge on any atom is 0.335 e. The zero-order valence-electron chi connectivity index (χ0n) is 9.86. The second kappa shape index (κ2) is 6.00. The largest absolute Gasteiger partial charge is 0.478 e. The van der Waals surface area contributed by atoms with Crippen LogP contribution >= 0.6 is 0 Å². The summed E-state index contributed by atoms with van der Waals surface area (Å²) in [6, 6.07) is 6.31. The van der Waals surface area contributed by atoms with Gasteiger partial charge in [-0.1, -0.05) is 12.1 Å². The van der Waals surface area contributed by atoms with E-state index < -0.39 is 5.97 Å². The van der Waals surface area contributed by atoms with Crippen molar-refractivity contribution < 1.29 is 14.7 Å². The molecular formula is C12H16N2O3. The molecule has 0 saturated carbocycles. The number of carbonyl (C=O) groups is 2. The Morgan fingerprint density at radius 3 is 2.71 bits per heavy atom. The van der Waals surface area contributed by atoms with Crippen molar-refractivity contribution in [2.45, 2.75) is 19.5 Å². The fourth-order valence-electron chi connectivity index (χ4n) is 1.39. The Morgan fingerprint density at radius 1 is 1.41 bits per heavy atom. The Morgan fingerprint density at radius 2 is 2.12 bits per heavy atom. The minimum Gasteiger partial charge on any atom is -0.478 e. The summed E-state index contributed by atoms with van der Waals surface area (Å²) in [5, 5.41) is 14.4. The number of likely N-dealkylation sites (N-methyl/N-ethyl adjacent to an activating group) is 1. The molecule has 0 aromatic heterocycles. The average Bonchev–Trinajstić information content (AvgIpc) is 2.35. The van der Waals surface area contributed by atoms with Crippen LogP contribution in [0.25, 0.3) is 0 Å². The number of carboxylic acid groups (broad SMARTS) is 1. The molecule has 1 rings (SSSR count). The average molecular weight is 236 g/mol. The molecule has 1 aromatic rings. The summed E-state index contributed by atoms with van der Waals surface area (Å²) >= 11 is 0. The van der Waals surface area contributed by atoms with E-state index in [0.717, 1.165) is 5.56 Å². The van der Waals surface area contributed by atoms with Crippen LogP contribution in [0.3, 0.4) is 0 Å². The van der Waals surface area contributed by atoms with Gasteiger partial charge in [0, 0.05) is 13.6 Å². The van der Waals surface area contributed by atoms with Crippen molar-refractivity contribution in [3.05, 3.63) is 35.4 Å². The van der Waals surface area contributed by atoms with Crippen LogP contribution in [0.15, 0.2) is 24.3 Å². The molecule has 0 aliphatic rings. The normalized spacial score (nSPS) is 11.9. The first-order chi connectivity index (χ1) is 8.04. The number of aromatic carboxylic acids is 1. The molecule has 5 heteroatoms. The summed E-state index contributed by atoms with van der Waals surface area (Å²) in [4.78, 5) is 22.0. The van der Waals surface area contributed by atoms with Crippen LogP contribution in [0.2, 0.25) is 0 Å². The van der Waals surface area contributed by atoms with E-state index >= 15 is 0 Å². The molecule has 0 radical (unpaired) electrons. The molecule has 1 aromatic carbocycles. The molecule has 0 heterocycles. The second-order valence-electron chi connectivity index (χ2n) is 3.72. The minimum absolute atomic E-state index is 0.0978. The van der Waals surface area contributed by atoms with Crippen molar-refractivity contribution in [3.63, 3.8) is 0 Å². The van der Waals surface area contributed by atoms with Crippen LogP contribution in [0.4, 0.5) is 0 Å². The van der Waals surface area contributed by atoms with Crippen molar-refractivity contribution in [1.82, 2.24) is 10.6 Å². The maximum atomic E-state index is 11.2. The van der Waals surface area contributed by atoms with Gasteiger partial charge in [-0.2, -0.15) is 0 Å². The molecule has 0 aliphatic heterocycles. The first-order valence-corrected chi connectivity index (χ1v) is 5.32. The molecule has 0 fully saturated rings. The lowest BCUT2D eigenvalue weighted by molar-refractivity contribution is -0.122. The summed E-state index contributed by atoms with van der Waals surface area (Å²) in [5.74, 6) is -1.05. The zero-order valence-corrected chi connectivity index (χ0v) is 9.86. The smallest absolute Gasteiger partial charge is 0.335 e. The van der Waals surface area contributed by atoms with Crippen LogP contribution in [-0.2, 0) is 11.3 Å². The number of hydrogen-bond acceptors (Lipinski definition) is 3. The van der Waals surface area contributed by atoms with E-state index in [0.29, 0.717) is 6.54 Å². The van der Waals surface area contributed by atoms with Crippen LogP contribution in [0.5, 0.6) is 0 Å². The van der Waals surface area contributed by atoms with Crippen molar-refractivity contribution in [1.29, 1.82) is 0 Å². The van der Waals surface area contributed by atoms with Gasteiger partial charge in [-0.15, -0.1) is 0 Å². The molecule has 0 bridgehead atoms. The molecule has 0 spiro atoms. The topological polar surface area (TPSA) is 78.4 Å². The van der Waals surface area contributed by atoms with Crippen LogP contribution in [0.1, 0.15) is 22.8 Å².